The molecule has 1 aromatic heterocycles. The molecule has 138 valence electrons. The number of rotatable bonds is 4. The minimum absolute atomic E-state index is 0.0199. The molecule has 2 aromatic rings. The number of benzene rings is 1. The number of hydrogen-bond acceptors (Lipinski definition) is 5. The highest BCUT2D eigenvalue weighted by atomic mass is 32.1. The van der Waals surface area contributed by atoms with E-state index >= 15 is 0 Å². The second-order valence-corrected chi connectivity index (χ2v) is 8.25. The zero-order valence-electron chi connectivity index (χ0n) is 14.7. The number of carbonyl (C=O) groups excluding carboxylic acids is 1. The van der Waals surface area contributed by atoms with Crippen LogP contribution in [0.25, 0.3) is 0 Å². The number of carbonyl (C=O) groups is 1. The van der Waals surface area contributed by atoms with Crippen molar-refractivity contribution < 1.29 is 9.18 Å². The zero-order chi connectivity index (χ0) is 18.1. The van der Waals surface area contributed by atoms with Crippen molar-refractivity contribution >= 4 is 22.4 Å². The van der Waals surface area contributed by atoms with Crippen LogP contribution in [0, 0.1) is 24.6 Å². The summed E-state index contributed by atoms with van der Waals surface area (Å²) in [6.45, 7) is 2.89. The van der Waals surface area contributed by atoms with E-state index in [1.54, 1.807) is 12.1 Å². The van der Waals surface area contributed by atoms with Gasteiger partial charge in [-0.05, 0) is 43.4 Å². The topological polar surface area (TPSA) is 66.0 Å². The molecule has 0 bridgehead atoms. The van der Waals surface area contributed by atoms with Crippen molar-refractivity contribution in [1.82, 2.24) is 15.8 Å². The number of nitrogens with zero attached hydrogens (tertiary/aromatic N) is 1. The molecule has 1 aromatic carbocycles. The molecule has 4 rings (SSSR count). The predicted molar refractivity (Wildman–Crippen MR) is 100 cm³/mol. The standard InChI is InChI=1S/C19H23FN4OS/c1-11-16(9-12-5-7-14(20)8-6-12)26-19(22-11)23-18(25)15-4-2-3-13-10-21-24-17(13)15/h5-8,13,15,17,21,24H,2-4,9-10H2,1H3,(H,22,23,25). The highest BCUT2D eigenvalue weighted by molar-refractivity contribution is 7.15. The molecule has 2 heterocycles. The Kier molecular flexibility index (Phi) is 5.02. The van der Waals surface area contributed by atoms with E-state index in [2.05, 4.69) is 21.2 Å². The maximum atomic E-state index is 13.1. The molecule has 7 heteroatoms. The minimum atomic E-state index is -0.233. The quantitative estimate of drug-likeness (QED) is 0.770. The Bertz CT molecular complexity index is 791. The largest absolute Gasteiger partial charge is 0.302 e. The summed E-state index contributed by atoms with van der Waals surface area (Å²) in [6.07, 6.45) is 3.87. The predicted octanol–water partition coefficient (Wildman–Crippen LogP) is 3.01. The number of hydrazine groups is 1. The highest BCUT2D eigenvalue weighted by Crippen LogP contribution is 2.33. The third-order valence-corrected chi connectivity index (χ3v) is 6.47. The molecule has 3 atom stereocenters. The molecular weight excluding hydrogens is 351 g/mol. The van der Waals surface area contributed by atoms with Crippen molar-refractivity contribution in [2.75, 3.05) is 11.9 Å². The second kappa shape index (κ2) is 7.42. The van der Waals surface area contributed by atoms with Crippen LogP contribution in [0.3, 0.4) is 0 Å². The number of amides is 1. The van der Waals surface area contributed by atoms with Crippen molar-refractivity contribution in [3.63, 3.8) is 0 Å². The molecule has 2 fully saturated rings. The summed E-state index contributed by atoms with van der Waals surface area (Å²) in [5, 5.41) is 3.67. The smallest absolute Gasteiger partial charge is 0.230 e. The number of halogens is 1. The first-order valence-corrected chi connectivity index (χ1v) is 9.92. The monoisotopic (exact) mass is 374 g/mol. The second-order valence-electron chi connectivity index (χ2n) is 7.17. The highest BCUT2D eigenvalue weighted by Gasteiger charge is 2.40. The van der Waals surface area contributed by atoms with Gasteiger partial charge in [-0.15, -0.1) is 11.3 Å². The first kappa shape index (κ1) is 17.6. The molecule has 3 unspecified atom stereocenters. The molecule has 0 spiro atoms. The number of hydrogen-bond donors (Lipinski definition) is 3. The van der Waals surface area contributed by atoms with Gasteiger partial charge in [-0.1, -0.05) is 18.6 Å². The molecule has 2 aliphatic rings. The lowest BCUT2D eigenvalue weighted by Gasteiger charge is -2.31. The van der Waals surface area contributed by atoms with Crippen LogP contribution in [0.4, 0.5) is 9.52 Å². The van der Waals surface area contributed by atoms with Crippen LogP contribution in [-0.2, 0) is 11.2 Å². The van der Waals surface area contributed by atoms with Crippen LogP contribution in [0.5, 0.6) is 0 Å². The number of anilines is 1. The molecule has 1 saturated carbocycles. The third kappa shape index (κ3) is 3.65. The Morgan fingerprint density at radius 3 is 2.96 bits per heavy atom. The number of thiazole rings is 1. The molecule has 1 aliphatic carbocycles. The Morgan fingerprint density at radius 2 is 2.15 bits per heavy atom. The molecule has 3 N–H and O–H groups in total. The summed E-state index contributed by atoms with van der Waals surface area (Å²) in [5.74, 6) is 0.335. The van der Waals surface area contributed by atoms with Crippen molar-refractivity contribution in [3.8, 4) is 0 Å². The zero-order valence-corrected chi connectivity index (χ0v) is 15.5. The summed E-state index contributed by atoms with van der Waals surface area (Å²) in [7, 11) is 0. The summed E-state index contributed by atoms with van der Waals surface area (Å²) in [6, 6.07) is 6.72. The van der Waals surface area contributed by atoms with Crippen LogP contribution in [0.15, 0.2) is 24.3 Å². The average molecular weight is 374 g/mol. The lowest BCUT2D eigenvalue weighted by Crippen LogP contribution is -2.45. The molecule has 1 aliphatic heterocycles. The van der Waals surface area contributed by atoms with Gasteiger partial charge in [0.15, 0.2) is 5.13 Å². The number of fused-ring (bicyclic) bond motifs is 1. The van der Waals surface area contributed by atoms with Crippen LogP contribution in [-0.4, -0.2) is 23.5 Å². The first-order chi connectivity index (χ1) is 12.6. The van der Waals surface area contributed by atoms with Gasteiger partial charge < -0.3 is 5.32 Å². The maximum Gasteiger partial charge on any atom is 0.230 e. The van der Waals surface area contributed by atoms with Crippen molar-refractivity contribution in [1.29, 1.82) is 0 Å². The van der Waals surface area contributed by atoms with Crippen molar-refractivity contribution in [2.24, 2.45) is 11.8 Å². The number of aryl methyl sites for hydroxylation is 1. The van der Waals surface area contributed by atoms with E-state index in [4.69, 9.17) is 0 Å². The van der Waals surface area contributed by atoms with E-state index in [-0.39, 0.29) is 23.7 Å². The van der Waals surface area contributed by atoms with Gasteiger partial charge in [0.25, 0.3) is 0 Å². The molecule has 1 saturated heterocycles. The van der Waals surface area contributed by atoms with Crippen LogP contribution < -0.4 is 16.2 Å². The van der Waals surface area contributed by atoms with Crippen LogP contribution in [0.1, 0.15) is 35.4 Å². The molecule has 5 nitrogen and oxygen atoms in total. The van der Waals surface area contributed by atoms with Gasteiger partial charge in [-0.3, -0.25) is 15.6 Å². The fourth-order valence-electron chi connectivity index (χ4n) is 3.97. The normalized spacial score (nSPS) is 25.1. The van der Waals surface area contributed by atoms with Gasteiger partial charge in [0.1, 0.15) is 5.82 Å². The van der Waals surface area contributed by atoms with E-state index in [1.165, 1.54) is 29.9 Å². The average Bonchev–Trinajstić information content (AvgIpc) is 3.23. The van der Waals surface area contributed by atoms with Crippen LogP contribution in [0.2, 0.25) is 0 Å². The maximum absolute atomic E-state index is 13.1. The molecule has 26 heavy (non-hydrogen) atoms. The van der Waals surface area contributed by atoms with Gasteiger partial charge in [0.2, 0.25) is 5.91 Å². The Balaban J connectivity index is 1.43. The third-order valence-electron chi connectivity index (χ3n) is 5.40. The van der Waals surface area contributed by atoms with E-state index in [0.29, 0.717) is 17.5 Å². The van der Waals surface area contributed by atoms with Gasteiger partial charge in [0, 0.05) is 23.9 Å². The Labute approximate surface area is 156 Å². The number of aromatic nitrogens is 1. The summed E-state index contributed by atoms with van der Waals surface area (Å²) >= 11 is 1.50. The lowest BCUT2D eigenvalue weighted by atomic mass is 9.77. The Morgan fingerprint density at radius 1 is 1.35 bits per heavy atom. The molecular formula is C19H23FN4OS. The van der Waals surface area contributed by atoms with E-state index < -0.39 is 0 Å². The van der Waals surface area contributed by atoms with E-state index in [0.717, 1.165) is 35.5 Å². The summed E-state index contributed by atoms with van der Waals surface area (Å²) in [5.41, 5.74) is 8.41. The summed E-state index contributed by atoms with van der Waals surface area (Å²) < 4.78 is 13.1. The summed E-state index contributed by atoms with van der Waals surface area (Å²) in [4.78, 5) is 18.4. The van der Waals surface area contributed by atoms with Gasteiger partial charge >= 0.3 is 0 Å². The van der Waals surface area contributed by atoms with Crippen molar-refractivity contribution in [3.05, 3.63) is 46.2 Å². The fraction of sp³-hybridized carbons (Fsp3) is 0.474. The van der Waals surface area contributed by atoms with E-state index in [9.17, 15) is 9.18 Å². The minimum Gasteiger partial charge on any atom is -0.302 e. The lowest BCUT2D eigenvalue weighted by molar-refractivity contribution is -0.121. The molecule has 0 radical (unpaired) electrons. The fourth-order valence-corrected chi connectivity index (χ4v) is 4.97. The first-order valence-electron chi connectivity index (χ1n) is 9.10. The van der Waals surface area contributed by atoms with Crippen molar-refractivity contribution in [2.45, 2.75) is 38.6 Å². The van der Waals surface area contributed by atoms with Gasteiger partial charge in [-0.2, -0.15) is 0 Å². The molecule has 1 amide bonds. The number of nitrogens with one attached hydrogen (secondary N) is 3. The van der Waals surface area contributed by atoms with E-state index in [1.807, 2.05) is 6.92 Å². The van der Waals surface area contributed by atoms with Crippen LogP contribution >= 0.6 is 11.3 Å². The Hall–Kier alpha value is -1.83. The SMILES string of the molecule is Cc1nc(NC(=O)C2CCCC3CNNC32)sc1Cc1ccc(F)cc1. The van der Waals surface area contributed by atoms with Gasteiger partial charge in [0.05, 0.1) is 11.6 Å². The van der Waals surface area contributed by atoms with Gasteiger partial charge in [-0.25, -0.2) is 9.37 Å².